The van der Waals surface area contributed by atoms with Crippen molar-refractivity contribution in [3.05, 3.63) is 80.5 Å². The third-order valence-electron chi connectivity index (χ3n) is 6.56. The summed E-state index contributed by atoms with van der Waals surface area (Å²) in [6, 6.07) is 17.6. The maximum absolute atomic E-state index is 5.19. The maximum atomic E-state index is 5.19. The zero-order valence-corrected chi connectivity index (χ0v) is 24.0. The summed E-state index contributed by atoms with van der Waals surface area (Å²) in [6.07, 6.45) is 0. The van der Waals surface area contributed by atoms with Gasteiger partial charge in [-0.15, -0.1) is 11.3 Å². The molecule has 3 aromatic rings. The van der Waals surface area contributed by atoms with E-state index >= 15 is 0 Å². The van der Waals surface area contributed by atoms with Crippen LogP contribution in [0.2, 0.25) is 0 Å². The van der Waals surface area contributed by atoms with E-state index in [4.69, 9.17) is 9.98 Å². The highest BCUT2D eigenvalue weighted by atomic mass is 32.1. The highest BCUT2D eigenvalue weighted by Gasteiger charge is 2.16. The fourth-order valence-electron chi connectivity index (χ4n) is 4.45. The average Bonchev–Trinajstić information content (AvgIpc) is 3.29. The van der Waals surface area contributed by atoms with Gasteiger partial charge in [0.2, 0.25) is 0 Å². The van der Waals surface area contributed by atoms with E-state index in [1.165, 1.54) is 32.0 Å². The van der Waals surface area contributed by atoms with Gasteiger partial charge in [-0.05, 0) is 71.9 Å². The number of para-hydroxylation sites is 2. The SMILES string of the molecule is CC(=Nc1c(C(C)C)cccc1C(C)C)c1ccc(C(C)=Nc2c(C(C)C)cccc2C(C)C)s1. The standard InChI is InChI=1S/C32H42N2S/c1-19(2)25-13-11-14-26(20(3)4)31(25)33-23(9)29-17-18-30(35-29)24(10)34-32-27(21(5)6)15-12-16-28(32)22(7)8/h11-22H,1-10H3. The van der Waals surface area contributed by atoms with Crippen LogP contribution in [0.1, 0.15) is 125 Å². The minimum absolute atomic E-state index is 0.435. The molecule has 1 aromatic heterocycles. The van der Waals surface area contributed by atoms with Crippen LogP contribution in [0.3, 0.4) is 0 Å². The van der Waals surface area contributed by atoms with Crippen molar-refractivity contribution in [2.45, 2.75) is 92.9 Å². The second-order valence-corrected chi connectivity index (χ2v) is 11.8. The Morgan fingerprint density at radius 1 is 0.514 bits per heavy atom. The van der Waals surface area contributed by atoms with Gasteiger partial charge in [-0.1, -0.05) is 91.8 Å². The van der Waals surface area contributed by atoms with Crippen molar-refractivity contribution in [2.75, 3.05) is 0 Å². The van der Waals surface area contributed by atoms with E-state index in [9.17, 15) is 0 Å². The molecule has 0 radical (unpaired) electrons. The van der Waals surface area contributed by atoms with Gasteiger partial charge in [-0.25, -0.2) is 0 Å². The quantitative estimate of drug-likeness (QED) is 0.283. The van der Waals surface area contributed by atoms with Gasteiger partial charge in [0.05, 0.1) is 22.8 Å². The van der Waals surface area contributed by atoms with Gasteiger partial charge >= 0.3 is 0 Å². The minimum atomic E-state index is 0.435. The molecule has 2 nitrogen and oxygen atoms in total. The van der Waals surface area contributed by atoms with Crippen molar-refractivity contribution in [2.24, 2.45) is 9.98 Å². The lowest BCUT2D eigenvalue weighted by Crippen LogP contribution is -1.98. The van der Waals surface area contributed by atoms with Crippen molar-refractivity contribution in [3.8, 4) is 0 Å². The van der Waals surface area contributed by atoms with E-state index in [-0.39, 0.29) is 0 Å². The molecule has 0 fully saturated rings. The summed E-state index contributed by atoms with van der Waals surface area (Å²) < 4.78 is 0. The summed E-state index contributed by atoms with van der Waals surface area (Å²) in [7, 11) is 0. The first-order valence-corrected chi connectivity index (χ1v) is 13.8. The number of rotatable bonds is 8. The molecule has 0 saturated carbocycles. The van der Waals surface area contributed by atoms with Crippen LogP contribution in [0.15, 0.2) is 58.5 Å². The summed E-state index contributed by atoms with van der Waals surface area (Å²) in [4.78, 5) is 12.8. The van der Waals surface area contributed by atoms with Crippen LogP contribution in [0, 0.1) is 0 Å². The van der Waals surface area contributed by atoms with Crippen LogP contribution in [0.4, 0.5) is 11.4 Å². The molecule has 0 N–H and O–H groups in total. The molecule has 35 heavy (non-hydrogen) atoms. The number of thiophene rings is 1. The molecule has 1 heterocycles. The molecule has 0 aliphatic heterocycles. The third kappa shape index (κ3) is 6.19. The van der Waals surface area contributed by atoms with Crippen molar-refractivity contribution in [3.63, 3.8) is 0 Å². The van der Waals surface area contributed by atoms with Crippen LogP contribution in [-0.2, 0) is 0 Å². The number of aliphatic imine (C=N–C) groups is 2. The van der Waals surface area contributed by atoms with Crippen LogP contribution < -0.4 is 0 Å². The van der Waals surface area contributed by atoms with Crippen molar-refractivity contribution < 1.29 is 0 Å². The molecule has 186 valence electrons. The lowest BCUT2D eigenvalue weighted by Gasteiger charge is -2.17. The topological polar surface area (TPSA) is 24.7 Å². The highest BCUT2D eigenvalue weighted by molar-refractivity contribution is 7.16. The lowest BCUT2D eigenvalue weighted by atomic mass is 9.93. The Hall–Kier alpha value is -2.52. The van der Waals surface area contributed by atoms with Crippen molar-refractivity contribution >= 4 is 34.1 Å². The summed E-state index contributed by atoms with van der Waals surface area (Å²) in [5, 5.41) is 0. The molecule has 0 atom stereocenters. The van der Waals surface area contributed by atoms with Crippen LogP contribution in [0.25, 0.3) is 0 Å². The zero-order valence-electron chi connectivity index (χ0n) is 23.2. The Kier molecular flexibility index (Phi) is 8.88. The van der Waals surface area contributed by atoms with Crippen LogP contribution in [-0.4, -0.2) is 11.4 Å². The van der Waals surface area contributed by atoms with Gasteiger partial charge in [0.25, 0.3) is 0 Å². The highest BCUT2D eigenvalue weighted by Crippen LogP contribution is 2.37. The van der Waals surface area contributed by atoms with Gasteiger partial charge in [-0.2, -0.15) is 0 Å². The molecule has 0 saturated heterocycles. The van der Waals surface area contributed by atoms with E-state index in [1.54, 1.807) is 11.3 Å². The summed E-state index contributed by atoms with van der Waals surface area (Å²) >= 11 is 1.78. The molecule has 0 amide bonds. The number of hydrogen-bond donors (Lipinski definition) is 0. The molecule has 2 aromatic carbocycles. The van der Waals surface area contributed by atoms with E-state index in [2.05, 4.69) is 118 Å². The second-order valence-electron chi connectivity index (χ2n) is 10.7. The van der Waals surface area contributed by atoms with Crippen LogP contribution in [0.5, 0.6) is 0 Å². The first-order chi connectivity index (χ1) is 16.5. The van der Waals surface area contributed by atoms with Gasteiger partial charge in [0, 0.05) is 9.75 Å². The number of hydrogen-bond acceptors (Lipinski definition) is 3. The van der Waals surface area contributed by atoms with Crippen molar-refractivity contribution in [1.82, 2.24) is 0 Å². The molecule has 0 bridgehead atoms. The van der Waals surface area contributed by atoms with E-state index < -0.39 is 0 Å². The van der Waals surface area contributed by atoms with E-state index in [0.29, 0.717) is 23.7 Å². The van der Waals surface area contributed by atoms with E-state index in [1.807, 2.05) is 0 Å². The van der Waals surface area contributed by atoms with Crippen molar-refractivity contribution in [1.29, 1.82) is 0 Å². The zero-order chi connectivity index (χ0) is 25.9. The number of nitrogens with zero attached hydrogens (tertiary/aromatic N) is 2. The fraction of sp³-hybridized carbons (Fsp3) is 0.438. The normalized spacial score (nSPS) is 13.1. The summed E-state index contributed by atoms with van der Waals surface area (Å²) in [5.74, 6) is 1.74. The molecular formula is C32H42N2S. The summed E-state index contributed by atoms with van der Waals surface area (Å²) in [6.45, 7) is 22.2. The van der Waals surface area contributed by atoms with Gasteiger partial charge in [0.1, 0.15) is 0 Å². The average molecular weight is 487 g/mol. The van der Waals surface area contributed by atoms with E-state index in [0.717, 1.165) is 22.8 Å². The molecule has 0 unspecified atom stereocenters. The minimum Gasteiger partial charge on any atom is -0.252 e. The Bertz CT molecular complexity index is 1080. The van der Waals surface area contributed by atoms with Gasteiger partial charge < -0.3 is 0 Å². The maximum Gasteiger partial charge on any atom is 0.0702 e. The molecule has 0 aliphatic carbocycles. The largest absolute Gasteiger partial charge is 0.252 e. The smallest absolute Gasteiger partial charge is 0.0702 e. The summed E-state index contributed by atoms with van der Waals surface area (Å²) in [5.41, 5.74) is 9.68. The Labute approximate surface area is 217 Å². The predicted octanol–water partition coefficient (Wildman–Crippen LogP) is 10.5. The predicted molar refractivity (Wildman–Crippen MR) is 157 cm³/mol. The molecular weight excluding hydrogens is 444 g/mol. The third-order valence-corrected chi connectivity index (χ3v) is 7.87. The van der Waals surface area contributed by atoms with Crippen LogP contribution >= 0.6 is 11.3 Å². The number of benzene rings is 2. The molecule has 0 aliphatic rings. The van der Waals surface area contributed by atoms with Gasteiger partial charge in [0.15, 0.2) is 0 Å². The lowest BCUT2D eigenvalue weighted by molar-refractivity contribution is 0.834. The molecule has 3 heteroatoms. The molecule has 3 rings (SSSR count). The molecule has 0 spiro atoms. The Balaban J connectivity index is 2.03. The first kappa shape index (κ1) is 27.1. The Morgan fingerprint density at radius 2 is 0.800 bits per heavy atom. The fourth-order valence-corrected chi connectivity index (χ4v) is 5.35. The Morgan fingerprint density at radius 3 is 1.06 bits per heavy atom. The second kappa shape index (κ2) is 11.5. The van der Waals surface area contributed by atoms with Gasteiger partial charge in [-0.3, -0.25) is 9.98 Å². The monoisotopic (exact) mass is 486 g/mol. The first-order valence-electron chi connectivity index (χ1n) is 13.0.